The number of amides is 4. The molecule has 38 nitrogen and oxygen atoms in total. The number of guanidine groups is 1. The molecule has 141 heavy (non-hydrogen) atoms. The number of aliphatic hydroxyl groups is 5. The maximum absolute atomic E-state index is 11.8. The van der Waals surface area contributed by atoms with Crippen LogP contribution in [0.4, 0.5) is 0 Å². The quantitative estimate of drug-likeness (QED) is 0.0107. The fourth-order valence-electron chi connectivity index (χ4n) is 22.3. The lowest BCUT2D eigenvalue weighted by Gasteiger charge is -2.35. The molecule has 0 aromatic rings. The molecule has 23 N–H and O–H groups in total. The van der Waals surface area contributed by atoms with Crippen LogP contribution < -0.4 is 55.7 Å². The van der Waals surface area contributed by atoms with Crippen LogP contribution in [0.25, 0.3) is 0 Å². The first-order valence-electron chi connectivity index (χ1n) is 50.2. The Morgan fingerprint density at radius 2 is 0.879 bits per heavy atom. The average Bonchev–Trinajstić information content (AvgIpc) is 2.24. The summed E-state index contributed by atoms with van der Waals surface area (Å²) in [6.45, 7) is 33.6. The van der Waals surface area contributed by atoms with Gasteiger partial charge < -0.3 is 125 Å². The van der Waals surface area contributed by atoms with Crippen molar-refractivity contribution in [1.82, 2.24) is 21.3 Å². The molecule has 2 heterocycles. The van der Waals surface area contributed by atoms with Gasteiger partial charge in [0.25, 0.3) is 0 Å². The molecule has 2 aliphatic heterocycles. The van der Waals surface area contributed by atoms with Crippen molar-refractivity contribution in [3.8, 4) is 0 Å². The first kappa shape index (κ1) is 133. The second-order valence-corrected chi connectivity index (χ2v) is 39.3. The third-order valence-corrected chi connectivity index (χ3v) is 30.2. The number of rotatable bonds is 30. The predicted molar refractivity (Wildman–Crippen MR) is 542 cm³/mol. The number of hydrogen-bond acceptors (Lipinski definition) is 30. The van der Waals surface area contributed by atoms with Crippen LogP contribution in [0.1, 0.15) is 246 Å². The van der Waals surface area contributed by atoms with Gasteiger partial charge in [-0.1, -0.05) is 183 Å². The van der Waals surface area contributed by atoms with Crippen molar-refractivity contribution >= 4 is 108 Å². The molecule has 0 radical (unpaired) electrons. The van der Waals surface area contributed by atoms with Crippen LogP contribution in [0.15, 0.2) is 46.6 Å². The minimum atomic E-state index is -1.11. The van der Waals surface area contributed by atoms with Crippen molar-refractivity contribution in [1.29, 1.82) is 0 Å². The van der Waals surface area contributed by atoms with Crippen molar-refractivity contribution in [3.63, 3.8) is 0 Å². The lowest BCUT2D eigenvalue weighted by molar-refractivity contribution is -0.150. The van der Waals surface area contributed by atoms with Gasteiger partial charge in [0.1, 0.15) is 6.10 Å². The Hall–Kier alpha value is -8.18. The Labute approximate surface area is 849 Å². The van der Waals surface area contributed by atoms with Gasteiger partial charge in [0, 0.05) is 112 Å². The number of carboxylic acid groups (broad SMARTS) is 2. The highest BCUT2D eigenvalue weighted by atomic mass is 35.5. The number of nitrogens with two attached hydrogens (primary N) is 6. The maximum atomic E-state index is 11.8. The van der Waals surface area contributed by atoms with E-state index >= 15 is 0 Å². The number of carbonyl (C=O) groups is 12. The molecule has 33 atom stereocenters. The lowest BCUT2D eigenvalue weighted by atomic mass is 9.79. The van der Waals surface area contributed by atoms with E-state index in [-0.39, 0.29) is 216 Å². The highest BCUT2D eigenvalue weighted by Gasteiger charge is 2.56. The minimum absolute atomic E-state index is 0. The van der Waals surface area contributed by atoms with Crippen LogP contribution in [0.3, 0.4) is 0 Å². The maximum Gasteiger partial charge on any atom is 0.312 e. The highest BCUT2D eigenvalue weighted by molar-refractivity contribution is 5.92. The monoisotopic (exact) mass is 2050 g/mol. The van der Waals surface area contributed by atoms with Gasteiger partial charge in [0.15, 0.2) is 5.96 Å². The van der Waals surface area contributed by atoms with E-state index in [1.54, 1.807) is 18.2 Å². The molecule has 7 fully saturated rings. The number of fused-ring (bicyclic) bond motifs is 3. The van der Waals surface area contributed by atoms with Crippen molar-refractivity contribution in [3.05, 3.63) is 36.5 Å². The summed E-state index contributed by atoms with van der Waals surface area (Å²) >= 11 is 0. The zero-order valence-electron chi connectivity index (χ0n) is 88.0. The molecule has 1 saturated heterocycles. The average molecular weight is 2050 g/mol. The first-order valence-corrected chi connectivity index (χ1v) is 50.2. The fraction of sp³-hybridized carbons (Fsp3) is 0.802. The molecule has 4 amide bonds. The summed E-state index contributed by atoms with van der Waals surface area (Å²) in [5.74, 6) is -4.04. The number of methoxy groups -OCH3 is 6. The Kier molecular flexibility index (Phi) is 62.9. The number of esters is 6. The third-order valence-electron chi connectivity index (χ3n) is 30.2. The summed E-state index contributed by atoms with van der Waals surface area (Å²) < 4.78 is 28.3. The summed E-state index contributed by atoms with van der Waals surface area (Å²) in [6.07, 6.45) is 24.1. The van der Waals surface area contributed by atoms with Gasteiger partial charge in [-0.3, -0.25) is 57.5 Å². The largest absolute Gasteiger partial charge is 0.481 e. The van der Waals surface area contributed by atoms with E-state index in [1.807, 2.05) is 46.8 Å². The lowest BCUT2D eigenvalue weighted by Crippen LogP contribution is -2.52. The SMILES string of the molecule is CCC(C)[C@H](NC(C)=O)[C@@H]1[C@H](O)[C@@H](C(=O)OC)C[C@H]1C.CCC(CC)C(NC(C)=O)[C@@H]1[C@H](O)[C@@H](C(=O)O)C[C@H]1N=C(N)N.CCC(CC)C1=NO[C@H]2[C@@H]1[C@H](C)C[C@@H]2C(=O)OC.CCC(CC)[C@H](N)[C@@H]1[C@H](O)[C@@H](C(=O)OC)C[C@H]1C.CCC(CC)[C@H](NC(C)=O)[C@@H]1[C@H](O)[C@@H](C(=O)OC)C[C@H]1N.CO.COC(=O)[C@@H]1C=C[C@H](N)C1.COC(=O)[C@@H]1CC[C@H](C)C1.Cl.Cl.N[C@H]1C=C[C@@H](C(=O)O)C1.O=C1N[C@H]2C=C[C@@H]1C2. The number of hydrogen-bond donors (Lipinski definition) is 17. The Morgan fingerprint density at radius 3 is 1.23 bits per heavy atom. The zero-order chi connectivity index (χ0) is 106. The van der Waals surface area contributed by atoms with E-state index in [2.05, 4.69) is 109 Å². The van der Waals surface area contributed by atoms with E-state index in [0.29, 0.717) is 67.7 Å². The molecule has 6 saturated carbocycles. The standard InChI is InChI=1S/C15H28N4O4.C15H28N2O4.C15H27NO4.C14H23NO3.C14H27NO3.C8H14O2.C7H11NO2.C6H9NO2.C6H7NO.CH4O.2ClH/c1-4-8(5-2)12(18-7(3)20)11-10(19-15(16)17)6-9(13(11)21)14(22)23;1-5-9(6-2)13(17-8(3)18)12-11(16)7-10(14(12)19)15(20)21-4;1-6-8(2)13(16-10(4)17)12-9(3)7-11(14(12)18)15(19)20-5;1-5-9(6-2)12-11-8(3)7-10(14(16)17-4)13(11)18-15-12;1-5-9(6-2)12(15)11-8(3)7-10(13(11)16)14(17)18-4;1-6-3-4-7(5-6)8(9)10-2;1-10-7(9)5-2-3-6(8)4-5;7-5-2-1-4(3-5)6(8)9;8-6-4-1-2-5(3-4)7-6;1-2;;/h8-13,21H,4-6H2,1-3H3,(H,18,20)(H,22,23)(H4,16,17,19);9-14,19H,5-7,16H2,1-4H3,(H,17,18);8-9,11-14,18H,6-7H2,1-5H3,(H,16,17);8-11,13H,5-7H2,1-4H3;8-13,16H,5-7,15H2,1-4H3;6-7H,3-5H2,1-2H3;2-3,5-6H,4,8H2,1H3;1-2,4-5H,3,7H2,(H,8,9);1-2,4-5H,3H2,(H,7,8);2H,1H3;2*1H/t9-,10+,11+,12?,13+;10-,11+,12+,13-,14+;8?,9-,11+,12-,13+,14-;8-,10+,11-,13-;8-,10+,11-,12+,13-;6-,7+;5-,6+;2*4-,5+;;;/m001110111.../s1. The summed E-state index contributed by atoms with van der Waals surface area (Å²) in [7, 11) is 9.31. The van der Waals surface area contributed by atoms with Gasteiger partial charge in [-0.05, 0) is 131 Å². The number of carboxylic acids is 2. The van der Waals surface area contributed by atoms with Crippen molar-refractivity contribution < 1.29 is 127 Å². The Balaban J connectivity index is 0.00000158. The third kappa shape index (κ3) is 39.0. The normalized spacial score (nSPS) is 31.3. The van der Waals surface area contributed by atoms with E-state index < -0.39 is 78.0 Å². The van der Waals surface area contributed by atoms with E-state index in [0.717, 1.165) is 90.6 Å². The Bertz CT molecular complexity index is 3960. The highest BCUT2D eigenvalue weighted by Crippen LogP contribution is 2.48. The molecule has 40 heteroatoms. The van der Waals surface area contributed by atoms with Gasteiger partial charge in [-0.15, -0.1) is 24.8 Å². The molecule has 0 aromatic carbocycles. The van der Waals surface area contributed by atoms with Crippen LogP contribution in [0.2, 0.25) is 0 Å². The predicted octanol–water partition coefficient (Wildman–Crippen LogP) is 7.74. The molecule has 2 unspecified atom stereocenters. The van der Waals surface area contributed by atoms with E-state index in [1.165, 1.54) is 75.6 Å². The number of oxime groups is 1. The molecule has 0 aromatic heterocycles. The van der Waals surface area contributed by atoms with Gasteiger partial charge >= 0.3 is 47.8 Å². The molecule has 814 valence electrons. The van der Waals surface area contributed by atoms with Crippen molar-refractivity contribution in [2.24, 2.45) is 181 Å². The summed E-state index contributed by atoms with van der Waals surface area (Å²) in [6, 6.07) is -1.28. The molecule has 11 aliphatic rings. The van der Waals surface area contributed by atoms with E-state index in [9.17, 15) is 83.1 Å². The summed E-state index contributed by atoms with van der Waals surface area (Å²) in [4.78, 5) is 145. The smallest absolute Gasteiger partial charge is 0.312 e. The molecule has 9 aliphatic carbocycles. The molecular weight excluding hydrogens is 1870 g/mol. The number of aliphatic imine (C=N–C) groups is 1. The second-order valence-electron chi connectivity index (χ2n) is 39.3. The molecule has 2 bridgehead atoms. The van der Waals surface area contributed by atoms with Crippen LogP contribution in [0.5, 0.6) is 0 Å². The summed E-state index contributed by atoms with van der Waals surface area (Å²) in [5.41, 5.74) is 35.5. The van der Waals surface area contributed by atoms with Gasteiger partial charge in [0.2, 0.25) is 23.6 Å². The van der Waals surface area contributed by atoms with Crippen molar-refractivity contribution in [2.75, 3.05) is 49.8 Å². The number of aliphatic carboxylic acids is 2. The van der Waals surface area contributed by atoms with Gasteiger partial charge in [-0.2, -0.15) is 0 Å². The molecule has 11 rings (SSSR count). The van der Waals surface area contributed by atoms with Gasteiger partial charge in [-0.25, -0.2) is 4.99 Å². The zero-order valence-corrected chi connectivity index (χ0v) is 89.7. The van der Waals surface area contributed by atoms with Crippen LogP contribution in [0, 0.1) is 136 Å². The number of nitrogens with one attached hydrogen (secondary N) is 4. The Morgan fingerprint density at radius 1 is 0.468 bits per heavy atom. The number of carbonyl (C=O) groups excluding carboxylic acids is 10. The van der Waals surface area contributed by atoms with Crippen LogP contribution in [-0.4, -0.2) is 253 Å². The number of aliphatic hydroxyl groups excluding tert-OH is 5. The fourth-order valence-corrected chi connectivity index (χ4v) is 22.3. The van der Waals surface area contributed by atoms with Crippen molar-refractivity contribution in [2.45, 2.75) is 331 Å². The van der Waals surface area contributed by atoms with Crippen LogP contribution >= 0.6 is 24.8 Å². The van der Waals surface area contributed by atoms with E-state index in [4.69, 9.17) is 68.4 Å². The van der Waals surface area contributed by atoms with Crippen LogP contribution in [-0.2, 0) is 90.8 Å². The molecular formula is C101H180Cl2N12O26. The number of halogens is 2. The number of ether oxygens (including phenoxy) is 6. The van der Waals surface area contributed by atoms with Gasteiger partial charge in [0.05, 0.1) is 132 Å². The molecule has 0 spiro atoms. The minimum Gasteiger partial charge on any atom is -0.481 e. The summed E-state index contributed by atoms with van der Waals surface area (Å²) in [5, 5.41) is 82.5. The number of nitrogens with zero attached hydrogens (tertiary/aromatic N) is 2. The topological polar surface area (TPSA) is 640 Å². The second kappa shape index (κ2) is 66.8. The first-order chi connectivity index (χ1) is 65.6.